The average molecular weight is 546 g/mol. The second-order valence-electron chi connectivity index (χ2n) is 8.06. The molecule has 12 heteroatoms. The van der Waals surface area contributed by atoms with E-state index in [1.165, 1.54) is 16.9 Å². The molecule has 180 valence electrons. The molecule has 8 nitrogen and oxygen atoms in total. The van der Waals surface area contributed by atoms with E-state index in [-0.39, 0.29) is 35.4 Å². The van der Waals surface area contributed by atoms with E-state index in [2.05, 4.69) is 15.7 Å². The van der Waals surface area contributed by atoms with E-state index >= 15 is 0 Å². The lowest BCUT2D eigenvalue weighted by molar-refractivity contribution is -0.137. The highest BCUT2D eigenvalue weighted by atomic mass is 35.5. The highest BCUT2D eigenvalue weighted by Crippen LogP contribution is 2.36. The number of aromatic nitrogens is 2. The van der Waals surface area contributed by atoms with Crippen LogP contribution in [0, 0.1) is 0 Å². The van der Waals surface area contributed by atoms with Crippen molar-refractivity contribution in [2.45, 2.75) is 30.8 Å². The molecule has 3 aromatic rings. The summed E-state index contributed by atoms with van der Waals surface area (Å²) >= 11 is 24.7. The quantitative estimate of drug-likeness (QED) is 0.401. The Labute approximate surface area is 215 Å². The smallest absolute Gasteiger partial charge is 0.304 e. The Hall–Kier alpha value is -2.23. The predicted molar refractivity (Wildman–Crippen MR) is 130 cm³/mol. The Bertz CT molecular complexity index is 1220. The van der Waals surface area contributed by atoms with E-state index in [1.807, 2.05) is 6.07 Å². The van der Waals surface area contributed by atoms with Gasteiger partial charge in [0.05, 0.1) is 38.9 Å². The third-order valence-corrected chi connectivity index (χ3v) is 7.12. The molecule has 1 aromatic carbocycles. The molecule has 3 heterocycles. The SMILES string of the molecule is Cn1ncc(Cl)c1-c1cc(C(=O)N[C@@H]2CNC(CC(=O)O)C[C@H]2c2ccc(Cl)c(Cl)c2)oc1Cl. The van der Waals surface area contributed by atoms with Crippen LogP contribution in [0.25, 0.3) is 11.3 Å². The fraction of sp³-hybridized carbons (Fsp3) is 0.318. The number of carboxylic acid groups (broad SMARTS) is 1. The maximum absolute atomic E-state index is 13.1. The van der Waals surface area contributed by atoms with Gasteiger partial charge in [-0.15, -0.1) is 0 Å². The molecule has 4 rings (SSSR count). The van der Waals surface area contributed by atoms with Gasteiger partial charge in [-0.2, -0.15) is 5.10 Å². The van der Waals surface area contributed by atoms with Crippen LogP contribution in [0.1, 0.15) is 34.9 Å². The molecule has 1 amide bonds. The molecule has 1 aliphatic rings. The van der Waals surface area contributed by atoms with Crippen molar-refractivity contribution in [1.82, 2.24) is 20.4 Å². The molecule has 34 heavy (non-hydrogen) atoms. The minimum atomic E-state index is -0.903. The molecular weight excluding hydrogens is 526 g/mol. The molecule has 1 fully saturated rings. The van der Waals surface area contributed by atoms with Crippen molar-refractivity contribution in [3.05, 3.63) is 62.1 Å². The Kier molecular flexibility index (Phi) is 7.45. The number of carbonyl (C=O) groups excluding carboxylic acids is 1. The number of nitrogens with zero attached hydrogens (tertiary/aromatic N) is 2. The number of piperidine rings is 1. The van der Waals surface area contributed by atoms with Gasteiger partial charge in [0.15, 0.2) is 5.76 Å². The topological polar surface area (TPSA) is 109 Å². The third kappa shape index (κ3) is 5.21. The molecule has 0 aliphatic carbocycles. The minimum Gasteiger partial charge on any atom is -0.481 e. The van der Waals surface area contributed by atoms with Gasteiger partial charge in [0.2, 0.25) is 5.22 Å². The lowest BCUT2D eigenvalue weighted by Crippen LogP contribution is -2.54. The molecule has 3 atom stereocenters. The predicted octanol–water partition coefficient (Wildman–Crippen LogP) is 5.01. The number of hydrogen-bond acceptors (Lipinski definition) is 5. The van der Waals surface area contributed by atoms with E-state index in [0.29, 0.717) is 39.3 Å². The van der Waals surface area contributed by atoms with E-state index in [1.54, 1.807) is 19.2 Å². The largest absolute Gasteiger partial charge is 0.481 e. The first-order valence-electron chi connectivity index (χ1n) is 10.3. The zero-order chi connectivity index (χ0) is 24.6. The number of carbonyl (C=O) groups is 2. The molecule has 1 saturated heterocycles. The van der Waals surface area contributed by atoms with Crippen molar-refractivity contribution in [2.24, 2.45) is 7.05 Å². The van der Waals surface area contributed by atoms with E-state index in [9.17, 15) is 14.7 Å². The third-order valence-electron chi connectivity index (χ3n) is 5.82. The number of nitrogens with one attached hydrogen (secondary N) is 2. The number of halogens is 4. The van der Waals surface area contributed by atoms with E-state index in [0.717, 1.165) is 5.56 Å². The summed E-state index contributed by atoms with van der Waals surface area (Å²) in [7, 11) is 1.70. The highest BCUT2D eigenvalue weighted by molar-refractivity contribution is 6.42. The standard InChI is InChI=1S/C22H20Cl4N4O4/c1-30-20(16(25)8-28-30)13-7-18(34-21(13)26)22(33)29-17-9-27-11(6-19(31)32)5-12(17)10-2-3-14(23)15(24)4-10/h2-4,7-8,11-12,17,27H,5-6,9H2,1H3,(H,29,33)(H,31,32)/t11?,12-,17+/m0/s1. The van der Waals surface area contributed by atoms with Gasteiger partial charge in [-0.1, -0.05) is 40.9 Å². The number of hydrogen-bond donors (Lipinski definition) is 3. The van der Waals surface area contributed by atoms with Crippen molar-refractivity contribution in [3.63, 3.8) is 0 Å². The molecule has 0 radical (unpaired) electrons. The summed E-state index contributed by atoms with van der Waals surface area (Å²) in [6, 6.07) is 6.13. The first kappa shape index (κ1) is 24.9. The summed E-state index contributed by atoms with van der Waals surface area (Å²) in [5.41, 5.74) is 1.82. The summed E-state index contributed by atoms with van der Waals surface area (Å²) in [6.45, 7) is 0.351. The number of benzene rings is 1. The zero-order valence-corrected chi connectivity index (χ0v) is 20.8. The minimum absolute atomic E-state index is 0.0119. The first-order chi connectivity index (χ1) is 16.1. The van der Waals surface area contributed by atoms with Gasteiger partial charge in [-0.05, 0) is 35.7 Å². The summed E-state index contributed by atoms with van der Waals surface area (Å²) in [5.74, 6) is -1.57. The maximum Gasteiger partial charge on any atom is 0.304 e. The Morgan fingerprint density at radius 2 is 1.97 bits per heavy atom. The summed E-state index contributed by atoms with van der Waals surface area (Å²) < 4.78 is 7.05. The molecular formula is C22H20Cl4N4O4. The molecule has 0 bridgehead atoms. The van der Waals surface area contributed by atoms with Crippen molar-refractivity contribution >= 4 is 58.3 Å². The second-order valence-corrected chi connectivity index (χ2v) is 9.63. The Morgan fingerprint density at radius 3 is 2.62 bits per heavy atom. The number of rotatable bonds is 6. The molecule has 0 spiro atoms. The summed E-state index contributed by atoms with van der Waals surface area (Å²) in [4.78, 5) is 24.3. The van der Waals surface area contributed by atoms with Crippen LogP contribution < -0.4 is 10.6 Å². The van der Waals surface area contributed by atoms with Crippen molar-refractivity contribution in [3.8, 4) is 11.3 Å². The maximum atomic E-state index is 13.1. The molecule has 3 N–H and O–H groups in total. The summed E-state index contributed by atoms with van der Waals surface area (Å²) in [5, 5.41) is 20.6. The van der Waals surface area contributed by atoms with Crippen LogP contribution in [-0.4, -0.2) is 45.4 Å². The molecule has 1 unspecified atom stereocenters. The van der Waals surface area contributed by atoms with Crippen LogP contribution in [0.15, 0.2) is 34.9 Å². The molecule has 1 aliphatic heterocycles. The lowest BCUT2D eigenvalue weighted by Gasteiger charge is -2.37. The van der Waals surface area contributed by atoms with Crippen molar-refractivity contribution in [2.75, 3.05) is 6.54 Å². The molecule has 0 saturated carbocycles. The Morgan fingerprint density at radius 1 is 1.21 bits per heavy atom. The van der Waals surface area contributed by atoms with Crippen molar-refractivity contribution < 1.29 is 19.1 Å². The first-order valence-corrected chi connectivity index (χ1v) is 11.8. The lowest BCUT2D eigenvalue weighted by atomic mass is 9.82. The monoisotopic (exact) mass is 544 g/mol. The van der Waals surface area contributed by atoms with E-state index in [4.69, 9.17) is 50.8 Å². The molecule has 2 aromatic heterocycles. The number of aryl methyl sites for hydroxylation is 1. The van der Waals surface area contributed by atoms with Gasteiger partial charge in [-0.25, -0.2) is 0 Å². The van der Waals surface area contributed by atoms with Gasteiger partial charge in [0.25, 0.3) is 5.91 Å². The number of carboxylic acids is 1. The van der Waals surface area contributed by atoms with Gasteiger partial charge in [0.1, 0.15) is 0 Å². The van der Waals surface area contributed by atoms with E-state index < -0.39 is 11.9 Å². The number of aliphatic carboxylic acids is 1. The van der Waals surface area contributed by atoms with Crippen LogP contribution in [0.4, 0.5) is 0 Å². The second kappa shape index (κ2) is 10.2. The van der Waals surface area contributed by atoms with Crippen LogP contribution >= 0.6 is 46.4 Å². The summed E-state index contributed by atoms with van der Waals surface area (Å²) in [6.07, 6.45) is 1.91. The van der Waals surface area contributed by atoms with Crippen molar-refractivity contribution in [1.29, 1.82) is 0 Å². The highest BCUT2D eigenvalue weighted by Gasteiger charge is 2.34. The average Bonchev–Trinajstić information content (AvgIpc) is 3.31. The van der Waals surface area contributed by atoms with Crippen LogP contribution in [0.2, 0.25) is 20.3 Å². The van der Waals surface area contributed by atoms with Gasteiger partial charge in [0, 0.05) is 37.7 Å². The van der Waals surface area contributed by atoms with Gasteiger partial charge in [-0.3, -0.25) is 14.3 Å². The van der Waals surface area contributed by atoms with Crippen LogP contribution in [0.5, 0.6) is 0 Å². The number of furan rings is 1. The fourth-order valence-corrected chi connectivity index (χ4v) is 5.02. The van der Waals surface area contributed by atoms with Gasteiger partial charge >= 0.3 is 5.97 Å². The normalized spacial score (nSPS) is 20.3. The Balaban J connectivity index is 1.58. The van der Waals surface area contributed by atoms with Crippen LogP contribution in [0.3, 0.4) is 0 Å². The number of amides is 1. The zero-order valence-electron chi connectivity index (χ0n) is 17.8. The van der Waals surface area contributed by atoms with Gasteiger partial charge < -0.3 is 20.2 Å². The van der Waals surface area contributed by atoms with Crippen LogP contribution in [-0.2, 0) is 11.8 Å². The fourth-order valence-electron chi connectivity index (χ4n) is 4.21.